The number of hydrogen-bond donors (Lipinski definition) is 0. The Kier molecular flexibility index (Phi) is 9.65. The number of rotatable bonds is 13. The highest BCUT2D eigenvalue weighted by Gasteiger charge is 2.46. The van der Waals surface area contributed by atoms with Crippen LogP contribution in [0.15, 0.2) is 103 Å². The molecule has 5 heteroatoms. The third-order valence-electron chi connectivity index (χ3n) is 11.0. The van der Waals surface area contributed by atoms with Gasteiger partial charge in [-0.05, 0) is 82.5 Å². The molecule has 6 aromatic rings. The number of anilines is 1. The zero-order valence-corrected chi connectivity index (χ0v) is 31.1. The molecule has 0 spiro atoms. The van der Waals surface area contributed by atoms with Crippen molar-refractivity contribution in [3.05, 3.63) is 142 Å². The highest BCUT2D eigenvalue weighted by molar-refractivity contribution is 6.07. The molecular formula is C46H51N3O2. The summed E-state index contributed by atoms with van der Waals surface area (Å²) in [5.74, 6) is -0.293. The van der Waals surface area contributed by atoms with Crippen LogP contribution in [0.2, 0.25) is 0 Å². The van der Waals surface area contributed by atoms with Gasteiger partial charge in [-0.2, -0.15) is 0 Å². The Balaban J connectivity index is 1.55. The molecule has 1 atom stereocenters. The van der Waals surface area contributed by atoms with E-state index in [0.717, 1.165) is 68.6 Å². The Morgan fingerprint density at radius 3 is 1.73 bits per heavy atom. The van der Waals surface area contributed by atoms with E-state index in [1.807, 2.05) is 18.2 Å². The second kappa shape index (κ2) is 14.3. The van der Waals surface area contributed by atoms with Crippen LogP contribution in [0.5, 0.6) is 0 Å². The summed E-state index contributed by atoms with van der Waals surface area (Å²) < 4.78 is 11.6. The number of hydrogen-bond acceptors (Lipinski definition) is 3. The fourth-order valence-corrected chi connectivity index (χ4v) is 8.46. The molecule has 0 bridgehead atoms. The number of unbranched alkanes of at least 4 members (excludes halogenated alkanes) is 2. The van der Waals surface area contributed by atoms with E-state index in [2.05, 4.69) is 141 Å². The lowest BCUT2D eigenvalue weighted by molar-refractivity contribution is 0.0276. The average Bonchev–Trinajstić information content (AvgIpc) is 3.73. The predicted molar refractivity (Wildman–Crippen MR) is 213 cm³/mol. The molecule has 3 heterocycles. The molecular weight excluding hydrogens is 627 g/mol. The summed E-state index contributed by atoms with van der Waals surface area (Å²) in [4.78, 5) is 16.4. The van der Waals surface area contributed by atoms with Crippen LogP contribution < -0.4 is 4.90 Å². The molecule has 1 unspecified atom stereocenters. The topological polar surface area (TPSA) is 39.4 Å². The van der Waals surface area contributed by atoms with Gasteiger partial charge in [-0.25, -0.2) is 4.79 Å². The first kappa shape index (κ1) is 34.4. The molecule has 1 aliphatic rings. The van der Waals surface area contributed by atoms with E-state index >= 15 is 0 Å². The maximum atomic E-state index is 13.9. The maximum absolute atomic E-state index is 13.9. The molecule has 5 nitrogen and oxygen atoms in total. The van der Waals surface area contributed by atoms with Crippen molar-refractivity contribution in [2.45, 2.75) is 85.9 Å². The van der Waals surface area contributed by atoms with Crippen LogP contribution in [0, 0.1) is 13.8 Å². The number of nitrogens with zero attached hydrogens (tertiary/aromatic N) is 3. The van der Waals surface area contributed by atoms with Gasteiger partial charge in [-0.1, -0.05) is 93.4 Å². The van der Waals surface area contributed by atoms with Gasteiger partial charge in [0.25, 0.3) is 0 Å². The third kappa shape index (κ3) is 5.77. The van der Waals surface area contributed by atoms with Crippen LogP contribution in [0.1, 0.15) is 97.4 Å². The largest absolute Gasteiger partial charge is 0.441 e. The van der Waals surface area contributed by atoms with Gasteiger partial charge in [0.2, 0.25) is 0 Å². The zero-order valence-electron chi connectivity index (χ0n) is 31.1. The molecule has 0 amide bonds. The van der Waals surface area contributed by atoms with E-state index in [0.29, 0.717) is 5.56 Å². The van der Waals surface area contributed by atoms with E-state index in [9.17, 15) is 4.79 Å². The summed E-state index contributed by atoms with van der Waals surface area (Å²) in [6.07, 6.45) is 6.91. The normalized spacial score (nSPS) is 15.4. The third-order valence-corrected chi connectivity index (χ3v) is 11.0. The minimum atomic E-state index is -1.14. The average molecular weight is 678 g/mol. The van der Waals surface area contributed by atoms with Crippen molar-refractivity contribution >= 4 is 39.0 Å². The van der Waals surface area contributed by atoms with Crippen molar-refractivity contribution in [1.82, 2.24) is 9.13 Å². The summed E-state index contributed by atoms with van der Waals surface area (Å²) in [5.41, 5.74) is 10.8. The van der Waals surface area contributed by atoms with Crippen molar-refractivity contribution in [2.75, 3.05) is 18.0 Å². The van der Waals surface area contributed by atoms with Gasteiger partial charge in [0, 0.05) is 87.3 Å². The van der Waals surface area contributed by atoms with Gasteiger partial charge in [-0.15, -0.1) is 0 Å². The first-order valence-electron chi connectivity index (χ1n) is 19.0. The number of esters is 1. The Morgan fingerprint density at radius 2 is 1.20 bits per heavy atom. The Labute approximate surface area is 303 Å². The fourth-order valence-electron chi connectivity index (χ4n) is 8.46. The number of carbonyl (C=O) groups is 1. The van der Waals surface area contributed by atoms with Crippen LogP contribution >= 0.6 is 0 Å². The summed E-state index contributed by atoms with van der Waals surface area (Å²) in [6, 6.07) is 34.2. The van der Waals surface area contributed by atoms with E-state index < -0.39 is 5.60 Å². The minimum absolute atomic E-state index is 0.293. The van der Waals surface area contributed by atoms with Crippen LogP contribution in [0.4, 0.5) is 5.69 Å². The smallest absolute Gasteiger partial charge is 0.340 e. The van der Waals surface area contributed by atoms with Gasteiger partial charge < -0.3 is 18.8 Å². The van der Waals surface area contributed by atoms with Crippen molar-refractivity contribution < 1.29 is 9.53 Å². The monoisotopic (exact) mass is 677 g/mol. The molecule has 0 aliphatic carbocycles. The molecule has 0 fully saturated rings. The molecule has 0 N–H and O–H groups in total. The molecule has 262 valence electrons. The summed E-state index contributed by atoms with van der Waals surface area (Å²) in [7, 11) is 0. The van der Waals surface area contributed by atoms with Crippen LogP contribution in [-0.2, 0) is 23.4 Å². The number of aromatic nitrogens is 2. The number of para-hydroxylation sites is 2. The zero-order chi connectivity index (χ0) is 35.7. The van der Waals surface area contributed by atoms with E-state index in [1.165, 1.54) is 50.0 Å². The molecule has 0 radical (unpaired) electrons. The highest BCUT2D eigenvalue weighted by atomic mass is 16.6. The SMILES string of the molecule is CCCCN(CCCC)c1ccc(C2(C=C(c3c(C)n(CC)c4ccccc34)c3c(C)n(CC)c4ccccc34)OC(=O)c3ccccc32)cc1. The molecule has 2 aromatic heterocycles. The van der Waals surface area contributed by atoms with Gasteiger partial charge in [0.15, 0.2) is 5.60 Å². The molecule has 0 saturated carbocycles. The van der Waals surface area contributed by atoms with E-state index in [4.69, 9.17) is 4.74 Å². The lowest BCUT2D eigenvalue weighted by Gasteiger charge is -2.30. The van der Waals surface area contributed by atoms with E-state index in [1.54, 1.807) is 0 Å². The standard InChI is InChI=1S/C46H51N3O2/c1-7-11-29-47(30-12-8-2)35-27-25-34(26-28-35)46(40-22-16-13-19-36(40)45(50)51-46)31-39(43-32(5)48(9-3)41-23-17-14-20-37(41)43)44-33(6)49(10-4)42-24-18-15-21-38(42)44/h13-28,31H,7-12,29-30H2,1-6H3. The molecule has 1 aliphatic heterocycles. The van der Waals surface area contributed by atoms with Gasteiger partial charge in [0.1, 0.15) is 0 Å². The molecule has 0 saturated heterocycles. The predicted octanol–water partition coefficient (Wildman–Crippen LogP) is 11.2. The number of ether oxygens (including phenoxy) is 1. The minimum Gasteiger partial charge on any atom is -0.441 e. The summed E-state index contributed by atoms with van der Waals surface area (Å²) in [6.45, 7) is 17.2. The number of fused-ring (bicyclic) bond motifs is 3. The van der Waals surface area contributed by atoms with Crippen LogP contribution in [0.25, 0.3) is 27.4 Å². The number of cyclic esters (lactones) is 1. The van der Waals surface area contributed by atoms with Crippen molar-refractivity contribution in [3.8, 4) is 0 Å². The maximum Gasteiger partial charge on any atom is 0.340 e. The Morgan fingerprint density at radius 1 is 0.686 bits per heavy atom. The molecule has 51 heavy (non-hydrogen) atoms. The molecule has 4 aromatic carbocycles. The number of carbonyl (C=O) groups excluding carboxylic acids is 1. The number of benzene rings is 4. The lowest BCUT2D eigenvalue weighted by atomic mass is 9.81. The number of aryl methyl sites for hydroxylation is 2. The van der Waals surface area contributed by atoms with E-state index in [-0.39, 0.29) is 5.97 Å². The van der Waals surface area contributed by atoms with Crippen LogP contribution in [-0.4, -0.2) is 28.2 Å². The first-order valence-corrected chi connectivity index (χ1v) is 19.0. The van der Waals surface area contributed by atoms with Gasteiger partial charge >= 0.3 is 5.97 Å². The summed E-state index contributed by atoms with van der Waals surface area (Å²) in [5, 5.41) is 2.39. The summed E-state index contributed by atoms with van der Waals surface area (Å²) >= 11 is 0. The fraction of sp³-hybridized carbons (Fsp3) is 0.326. The second-order valence-electron chi connectivity index (χ2n) is 13.9. The second-order valence-corrected chi connectivity index (χ2v) is 13.9. The Bertz CT molecular complexity index is 2140. The molecule has 7 rings (SSSR count). The lowest BCUT2D eigenvalue weighted by Crippen LogP contribution is -2.28. The van der Waals surface area contributed by atoms with Crippen molar-refractivity contribution in [3.63, 3.8) is 0 Å². The van der Waals surface area contributed by atoms with Crippen molar-refractivity contribution in [1.29, 1.82) is 0 Å². The van der Waals surface area contributed by atoms with Crippen molar-refractivity contribution in [2.24, 2.45) is 0 Å². The Hall–Kier alpha value is -5.03. The highest BCUT2D eigenvalue weighted by Crippen LogP contribution is 2.49. The van der Waals surface area contributed by atoms with Crippen LogP contribution in [0.3, 0.4) is 0 Å². The first-order chi connectivity index (χ1) is 24.9. The quantitative estimate of drug-likeness (QED) is 0.114. The van der Waals surface area contributed by atoms with Gasteiger partial charge in [0.05, 0.1) is 5.56 Å². The van der Waals surface area contributed by atoms with Gasteiger partial charge in [-0.3, -0.25) is 0 Å².